The molecule has 7 heteroatoms. The molecule has 0 aliphatic heterocycles. The molecular formula is C19H25N3O2S2. The van der Waals surface area contributed by atoms with Crippen LogP contribution in [0.5, 0.6) is 5.75 Å². The van der Waals surface area contributed by atoms with E-state index in [0.717, 1.165) is 10.1 Å². The van der Waals surface area contributed by atoms with Crippen molar-refractivity contribution in [2.45, 2.75) is 50.0 Å². The van der Waals surface area contributed by atoms with Gasteiger partial charge in [0.05, 0.1) is 0 Å². The molecular weight excluding hydrogens is 366 g/mol. The van der Waals surface area contributed by atoms with Gasteiger partial charge < -0.3 is 4.74 Å². The van der Waals surface area contributed by atoms with Gasteiger partial charge in [0, 0.05) is 5.75 Å². The number of thioether (sulfide) groups is 1. The van der Waals surface area contributed by atoms with Crippen LogP contribution in [0, 0.1) is 0 Å². The fraction of sp³-hybridized carbons (Fsp3) is 0.421. The second-order valence-corrected chi connectivity index (χ2v) is 9.00. The van der Waals surface area contributed by atoms with E-state index < -0.39 is 6.10 Å². The first-order valence-corrected chi connectivity index (χ1v) is 10.3. The summed E-state index contributed by atoms with van der Waals surface area (Å²) in [7, 11) is 0. The summed E-state index contributed by atoms with van der Waals surface area (Å²) < 4.78 is 6.66. The van der Waals surface area contributed by atoms with Gasteiger partial charge in [0.25, 0.3) is 5.91 Å². The summed E-state index contributed by atoms with van der Waals surface area (Å²) in [4.78, 5) is 12.5. The van der Waals surface area contributed by atoms with Crippen LogP contribution >= 0.6 is 23.1 Å². The Morgan fingerprint density at radius 3 is 2.62 bits per heavy atom. The van der Waals surface area contributed by atoms with E-state index in [9.17, 15) is 4.79 Å². The zero-order valence-corrected chi connectivity index (χ0v) is 17.2. The highest BCUT2D eigenvalue weighted by molar-refractivity contribution is 8.01. The molecule has 26 heavy (non-hydrogen) atoms. The third-order valence-electron chi connectivity index (χ3n) is 3.62. The Kier molecular flexibility index (Phi) is 7.23. The molecule has 0 saturated carbocycles. The highest BCUT2D eigenvalue weighted by Crippen LogP contribution is 2.27. The van der Waals surface area contributed by atoms with Gasteiger partial charge in [0.1, 0.15) is 5.75 Å². The molecule has 1 heterocycles. The highest BCUT2D eigenvalue weighted by atomic mass is 32.2. The van der Waals surface area contributed by atoms with Crippen molar-refractivity contribution in [2.24, 2.45) is 0 Å². The maximum Gasteiger partial charge on any atom is 0.267 e. The lowest BCUT2D eigenvalue weighted by Crippen LogP contribution is -2.32. The molecule has 1 aromatic carbocycles. The van der Waals surface area contributed by atoms with Crippen molar-refractivity contribution in [2.75, 3.05) is 11.1 Å². The third kappa shape index (κ3) is 5.85. The molecule has 140 valence electrons. The van der Waals surface area contributed by atoms with E-state index in [-0.39, 0.29) is 11.3 Å². The van der Waals surface area contributed by atoms with E-state index in [1.54, 1.807) is 6.08 Å². The summed E-state index contributed by atoms with van der Waals surface area (Å²) in [5.74, 6) is 1.22. The van der Waals surface area contributed by atoms with Crippen molar-refractivity contribution in [3.63, 3.8) is 0 Å². The van der Waals surface area contributed by atoms with Crippen molar-refractivity contribution < 1.29 is 9.53 Å². The van der Waals surface area contributed by atoms with E-state index >= 15 is 0 Å². The average molecular weight is 392 g/mol. The van der Waals surface area contributed by atoms with E-state index in [1.807, 2.05) is 31.2 Å². The van der Waals surface area contributed by atoms with Crippen LogP contribution in [-0.4, -0.2) is 28.0 Å². The number of benzene rings is 1. The first kappa shape index (κ1) is 20.5. The van der Waals surface area contributed by atoms with Crippen LogP contribution in [0.4, 0.5) is 5.13 Å². The molecule has 0 fully saturated rings. The standard InChI is InChI=1S/C19H25N3O2S2/c1-6-12-25-18-22-21-17(26-18)20-16(23)15(7-2)24-14-10-8-13(9-11-14)19(3,4)5/h6,8-11,15H,1,7,12H2,2-5H3,(H,20,21,23)/t15-/m0/s1. The van der Waals surface area contributed by atoms with E-state index in [2.05, 4.69) is 42.9 Å². The summed E-state index contributed by atoms with van der Waals surface area (Å²) in [6.45, 7) is 12.1. The van der Waals surface area contributed by atoms with Gasteiger partial charge in [0.15, 0.2) is 10.4 Å². The zero-order chi connectivity index (χ0) is 19.2. The molecule has 1 atom stereocenters. The first-order chi connectivity index (χ1) is 12.3. The van der Waals surface area contributed by atoms with Gasteiger partial charge in [0.2, 0.25) is 5.13 Å². The number of nitrogens with one attached hydrogen (secondary N) is 1. The number of rotatable bonds is 8. The lowest BCUT2D eigenvalue weighted by atomic mass is 9.87. The monoisotopic (exact) mass is 391 g/mol. The number of anilines is 1. The molecule has 5 nitrogen and oxygen atoms in total. The van der Waals surface area contributed by atoms with Crippen molar-refractivity contribution in [3.8, 4) is 5.75 Å². The molecule has 0 saturated heterocycles. The molecule has 0 aliphatic carbocycles. The minimum atomic E-state index is -0.580. The van der Waals surface area contributed by atoms with Gasteiger partial charge in [-0.2, -0.15) is 0 Å². The van der Waals surface area contributed by atoms with Crippen LogP contribution in [0.15, 0.2) is 41.3 Å². The molecule has 2 aromatic rings. The molecule has 1 N–H and O–H groups in total. The van der Waals surface area contributed by atoms with Crippen molar-refractivity contribution >= 4 is 34.1 Å². The normalized spacial score (nSPS) is 12.5. The Bertz CT molecular complexity index is 736. The van der Waals surface area contributed by atoms with Crippen LogP contribution < -0.4 is 10.1 Å². The summed E-state index contributed by atoms with van der Waals surface area (Å²) in [5, 5.41) is 11.3. The smallest absolute Gasteiger partial charge is 0.267 e. The van der Waals surface area contributed by atoms with Gasteiger partial charge in [-0.25, -0.2) is 0 Å². The van der Waals surface area contributed by atoms with Crippen LogP contribution in [-0.2, 0) is 10.2 Å². The molecule has 1 amide bonds. The van der Waals surface area contributed by atoms with Gasteiger partial charge >= 0.3 is 0 Å². The Morgan fingerprint density at radius 1 is 1.35 bits per heavy atom. The van der Waals surface area contributed by atoms with Gasteiger partial charge in [-0.05, 0) is 29.5 Å². The predicted molar refractivity (Wildman–Crippen MR) is 109 cm³/mol. The number of hydrogen-bond donors (Lipinski definition) is 1. The van der Waals surface area contributed by atoms with Crippen molar-refractivity contribution in [1.82, 2.24) is 10.2 Å². The molecule has 2 rings (SSSR count). The largest absolute Gasteiger partial charge is 0.481 e. The fourth-order valence-electron chi connectivity index (χ4n) is 2.15. The summed E-state index contributed by atoms with van der Waals surface area (Å²) in [6.07, 6.45) is 1.78. The van der Waals surface area contributed by atoms with E-state index in [1.165, 1.54) is 28.7 Å². The minimum absolute atomic E-state index is 0.0826. The highest BCUT2D eigenvalue weighted by Gasteiger charge is 2.21. The Balaban J connectivity index is 1.97. The lowest BCUT2D eigenvalue weighted by molar-refractivity contribution is -0.122. The van der Waals surface area contributed by atoms with Crippen LogP contribution in [0.2, 0.25) is 0 Å². The fourth-order valence-corrected chi connectivity index (χ4v) is 3.67. The topological polar surface area (TPSA) is 64.1 Å². The first-order valence-electron chi connectivity index (χ1n) is 8.48. The molecule has 1 aromatic heterocycles. The van der Waals surface area contributed by atoms with E-state index in [4.69, 9.17) is 4.74 Å². The maximum absolute atomic E-state index is 12.5. The number of ether oxygens (including phenoxy) is 1. The number of aromatic nitrogens is 2. The molecule has 0 aliphatic rings. The summed E-state index contributed by atoms with van der Waals surface area (Å²) in [6, 6.07) is 7.89. The average Bonchev–Trinajstić information content (AvgIpc) is 3.04. The quantitative estimate of drug-likeness (QED) is 0.393. The summed E-state index contributed by atoms with van der Waals surface area (Å²) >= 11 is 2.88. The minimum Gasteiger partial charge on any atom is -0.481 e. The third-order valence-corrected chi connectivity index (χ3v) is 5.59. The molecule has 0 radical (unpaired) electrons. The SMILES string of the molecule is C=CCSc1nnc(NC(=O)[C@H](CC)Oc2ccc(C(C)(C)C)cc2)s1. The number of nitrogens with zero attached hydrogens (tertiary/aromatic N) is 2. The van der Waals surface area contributed by atoms with Gasteiger partial charge in [-0.3, -0.25) is 10.1 Å². The summed E-state index contributed by atoms with van der Waals surface area (Å²) in [5.41, 5.74) is 1.31. The molecule has 0 unspecified atom stereocenters. The molecule has 0 spiro atoms. The van der Waals surface area contributed by atoms with Crippen molar-refractivity contribution in [3.05, 3.63) is 42.5 Å². The Labute approximate surface area is 163 Å². The van der Waals surface area contributed by atoms with Crippen LogP contribution in [0.1, 0.15) is 39.7 Å². The number of carbonyl (C=O) groups is 1. The number of carbonyl (C=O) groups excluding carboxylic acids is 1. The van der Waals surface area contributed by atoms with Crippen molar-refractivity contribution in [1.29, 1.82) is 0 Å². The Hall–Kier alpha value is -1.86. The van der Waals surface area contributed by atoms with Crippen LogP contribution in [0.25, 0.3) is 0 Å². The number of hydrogen-bond acceptors (Lipinski definition) is 6. The maximum atomic E-state index is 12.5. The Morgan fingerprint density at radius 2 is 2.04 bits per heavy atom. The number of amides is 1. The van der Waals surface area contributed by atoms with Crippen LogP contribution in [0.3, 0.4) is 0 Å². The lowest BCUT2D eigenvalue weighted by Gasteiger charge is -2.20. The second kappa shape index (κ2) is 9.19. The zero-order valence-electron chi connectivity index (χ0n) is 15.6. The van der Waals surface area contributed by atoms with Gasteiger partial charge in [-0.1, -0.05) is 69.0 Å². The molecule has 0 bridgehead atoms. The van der Waals surface area contributed by atoms with Gasteiger partial charge in [-0.15, -0.1) is 16.8 Å². The second-order valence-electron chi connectivity index (χ2n) is 6.75. The van der Waals surface area contributed by atoms with E-state index in [0.29, 0.717) is 17.3 Å². The predicted octanol–water partition coefficient (Wildman–Crippen LogP) is 4.91.